The van der Waals surface area contributed by atoms with E-state index in [-0.39, 0.29) is 25.7 Å². The van der Waals surface area contributed by atoms with Crippen LogP contribution in [0.1, 0.15) is 39.0 Å². The summed E-state index contributed by atoms with van der Waals surface area (Å²) in [6.07, 6.45) is 4.85. The molecule has 1 unspecified atom stereocenters. The predicted octanol–water partition coefficient (Wildman–Crippen LogP) is -0.00310. The Bertz CT molecular complexity index is 391. The highest BCUT2D eigenvalue weighted by atomic mass is 32.1. The second kappa shape index (κ2) is 15.4. The normalized spacial score (nSPS) is 13.5. The average molecular weight is 427 g/mol. The third-order valence-electron chi connectivity index (χ3n) is 4.97. The molecule has 0 rings (SSSR count). The number of aliphatic hydroxyl groups excluding tert-OH is 5. The van der Waals surface area contributed by atoms with Gasteiger partial charge in [-0.15, -0.1) is 0 Å². The van der Waals surface area contributed by atoms with Crippen LogP contribution in [-0.4, -0.2) is 90.1 Å². The van der Waals surface area contributed by atoms with Crippen molar-refractivity contribution in [3.63, 3.8) is 0 Å². The first-order valence-electron chi connectivity index (χ1n) is 9.81. The summed E-state index contributed by atoms with van der Waals surface area (Å²) in [5.41, 5.74) is -2.44. The number of rotatable bonds is 18. The minimum atomic E-state index is -1.22. The summed E-state index contributed by atoms with van der Waals surface area (Å²) in [5.74, 6) is -0.408. The number of ether oxygens (including phenoxy) is 2. The molecule has 0 aromatic rings. The van der Waals surface area contributed by atoms with E-state index in [4.69, 9.17) is 9.47 Å². The summed E-state index contributed by atoms with van der Waals surface area (Å²) < 4.78 is 10.7. The maximum absolute atomic E-state index is 12.3. The van der Waals surface area contributed by atoms with Crippen LogP contribution in [0.25, 0.3) is 0 Å². The predicted molar refractivity (Wildman–Crippen MR) is 108 cm³/mol. The van der Waals surface area contributed by atoms with Gasteiger partial charge in [-0.3, -0.25) is 4.79 Å². The molecule has 0 amide bonds. The van der Waals surface area contributed by atoms with Crippen LogP contribution >= 0.6 is 12.6 Å². The molecule has 0 aliphatic carbocycles. The number of thiol groups is 1. The van der Waals surface area contributed by atoms with Crippen molar-refractivity contribution in [2.24, 2.45) is 16.7 Å². The largest absolute Gasteiger partial charge is 0.465 e. The quantitative estimate of drug-likeness (QED) is 0.102. The molecule has 0 fully saturated rings. The van der Waals surface area contributed by atoms with Crippen molar-refractivity contribution in [1.82, 2.24) is 0 Å². The van der Waals surface area contributed by atoms with E-state index in [0.29, 0.717) is 12.2 Å². The number of carbonyl (C=O) groups excluding carboxylic acids is 1. The third-order valence-corrected chi connectivity index (χ3v) is 5.41. The minimum Gasteiger partial charge on any atom is -0.465 e. The van der Waals surface area contributed by atoms with Gasteiger partial charge in [-0.05, 0) is 6.42 Å². The van der Waals surface area contributed by atoms with Crippen molar-refractivity contribution in [3.8, 4) is 0 Å². The first-order valence-corrected chi connectivity index (χ1v) is 10.4. The van der Waals surface area contributed by atoms with E-state index in [2.05, 4.69) is 19.6 Å². The zero-order valence-electron chi connectivity index (χ0n) is 16.9. The van der Waals surface area contributed by atoms with Crippen molar-refractivity contribution >= 4 is 18.6 Å². The lowest BCUT2D eigenvalue weighted by atomic mass is 9.90. The van der Waals surface area contributed by atoms with Gasteiger partial charge < -0.3 is 35.0 Å². The van der Waals surface area contributed by atoms with Crippen LogP contribution in [0.5, 0.6) is 0 Å². The van der Waals surface area contributed by atoms with E-state index in [9.17, 15) is 30.3 Å². The Hall–Kier alpha value is -0.420. The molecule has 0 saturated heterocycles. The molecule has 0 bridgehead atoms. The van der Waals surface area contributed by atoms with Crippen LogP contribution in [0.3, 0.4) is 0 Å². The van der Waals surface area contributed by atoms with Gasteiger partial charge in [0.2, 0.25) is 0 Å². The number of hydrogen-bond acceptors (Lipinski definition) is 9. The second-order valence-electron chi connectivity index (χ2n) is 7.62. The maximum atomic E-state index is 12.3. The number of aliphatic hydroxyl groups is 5. The molecule has 5 N–H and O–H groups in total. The lowest BCUT2D eigenvalue weighted by Crippen LogP contribution is -2.44. The highest BCUT2D eigenvalue weighted by Gasteiger charge is 2.35. The summed E-state index contributed by atoms with van der Waals surface area (Å²) in [6, 6.07) is 0. The second-order valence-corrected chi connectivity index (χ2v) is 7.99. The molecule has 0 spiro atoms. The third kappa shape index (κ3) is 9.39. The molecule has 1 atom stereocenters. The van der Waals surface area contributed by atoms with Crippen molar-refractivity contribution < 1.29 is 39.8 Å². The average Bonchev–Trinajstić information content (AvgIpc) is 2.74. The number of unbranched alkanes of at least 4 members (excludes halogenated alkanes) is 3. The van der Waals surface area contributed by atoms with Gasteiger partial charge in [0.05, 0.1) is 63.0 Å². The fourth-order valence-corrected chi connectivity index (χ4v) is 2.82. The maximum Gasteiger partial charge on any atom is 0.309 e. The molecule has 9 heteroatoms. The highest BCUT2D eigenvalue weighted by Crippen LogP contribution is 2.22. The molecule has 168 valence electrons. The van der Waals surface area contributed by atoms with E-state index in [1.54, 1.807) is 0 Å². The van der Waals surface area contributed by atoms with Gasteiger partial charge in [-0.2, -0.15) is 12.6 Å². The first kappa shape index (κ1) is 27.6. The molecule has 8 nitrogen and oxygen atoms in total. The topological polar surface area (TPSA) is 137 Å². The molecule has 0 radical (unpaired) electrons. The van der Waals surface area contributed by atoms with Crippen molar-refractivity contribution in [1.29, 1.82) is 0 Å². The van der Waals surface area contributed by atoms with Crippen LogP contribution in [0.4, 0.5) is 0 Å². The fourth-order valence-electron chi connectivity index (χ4n) is 2.49. The molecule has 0 saturated carbocycles. The summed E-state index contributed by atoms with van der Waals surface area (Å²) in [7, 11) is 0. The smallest absolute Gasteiger partial charge is 0.309 e. The monoisotopic (exact) mass is 426 g/mol. The Labute approximate surface area is 173 Å². The number of carbonyl (C=O) groups is 1. The zero-order valence-corrected chi connectivity index (χ0v) is 17.8. The number of hydrogen-bond donors (Lipinski definition) is 6. The van der Waals surface area contributed by atoms with E-state index in [0.717, 1.165) is 25.7 Å². The summed E-state index contributed by atoms with van der Waals surface area (Å²) >= 11 is 4.22. The molecule has 0 heterocycles. The van der Waals surface area contributed by atoms with E-state index in [1.165, 1.54) is 0 Å². The molecular formula is C19H38O8S. The Balaban J connectivity index is 4.66. The van der Waals surface area contributed by atoms with E-state index < -0.39 is 49.8 Å². The zero-order chi connectivity index (χ0) is 21.5. The first-order chi connectivity index (χ1) is 13.4. The summed E-state index contributed by atoms with van der Waals surface area (Å²) in [6.45, 7) is -0.887. The van der Waals surface area contributed by atoms with Crippen LogP contribution in [0.2, 0.25) is 0 Å². The molecule has 0 aliphatic rings. The SMILES string of the molecule is CCCCCCC(CS)C(=O)OCC(CO)(CO)COCC(CO)(CO)CO. The lowest BCUT2D eigenvalue weighted by Gasteiger charge is -2.32. The van der Waals surface area contributed by atoms with Crippen LogP contribution in [0.15, 0.2) is 0 Å². The van der Waals surface area contributed by atoms with Crippen LogP contribution in [0, 0.1) is 16.7 Å². The van der Waals surface area contributed by atoms with Gasteiger partial charge in [0.15, 0.2) is 0 Å². The van der Waals surface area contributed by atoms with Gasteiger partial charge in [-0.1, -0.05) is 32.6 Å². The summed E-state index contributed by atoms with van der Waals surface area (Å²) in [4.78, 5) is 12.3. The minimum absolute atomic E-state index is 0.170. The highest BCUT2D eigenvalue weighted by molar-refractivity contribution is 7.80. The summed E-state index contributed by atoms with van der Waals surface area (Å²) in [5, 5.41) is 47.3. The van der Waals surface area contributed by atoms with Gasteiger partial charge >= 0.3 is 5.97 Å². The fraction of sp³-hybridized carbons (Fsp3) is 0.947. The van der Waals surface area contributed by atoms with E-state index in [1.807, 2.05) is 0 Å². The Morgan fingerprint density at radius 2 is 1.39 bits per heavy atom. The van der Waals surface area contributed by atoms with Gasteiger partial charge in [0, 0.05) is 5.75 Å². The molecule has 0 aromatic carbocycles. The van der Waals surface area contributed by atoms with E-state index >= 15 is 0 Å². The lowest BCUT2D eigenvalue weighted by molar-refractivity contribution is -0.158. The number of esters is 1. The standard InChI is InChI=1S/C19H38O8S/c1-2-3-4-5-6-16(7-28)17(25)27-15-19(11-23,12-24)14-26-13-18(8-20,9-21)10-22/h16,20-24,28H,2-15H2,1H3. The Kier molecular flexibility index (Phi) is 15.2. The van der Waals surface area contributed by atoms with Crippen LogP contribution in [-0.2, 0) is 14.3 Å². The van der Waals surface area contributed by atoms with Crippen molar-refractivity contribution in [3.05, 3.63) is 0 Å². The van der Waals surface area contributed by atoms with Gasteiger partial charge in [0.25, 0.3) is 0 Å². The Morgan fingerprint density at radius 3 is 1.86 bits per heavy atom. The van der Waals surface area contributed by atoms with Crippen LogP contribution < -0.4 is 0 Å². The Morgan fingerprint density at radius 1 is 0.857 bits per heavy atom. The van der Waals surface area contributed by atoms with Gasteiger partial charge in [0.1, 0.15) is 6.61 Å². The molecule has 0 aromatic heterocycles. The van der Waals surface area contributed by atoms with Crippen molar-refractivity contribution in [2.45, 2.75) is 39.0 Å². The van der Waals surface area contributed by atoms with Crippen molar-refractivity contribution in [2.75, 3.05) is 58.6 Å². The van der Waals surface area contributed by atoms with Gasteiger partial charge in [-0.25, -0.2) is 0 Å². The molecule has 28 heavy (non-hydrogen) atoms. The molecule has 0 aliphatic heterocycles. The molecular weight excluding hydrogens is 388 g/mol.